The number of carbonyl (C=O) groups excluding carboxylic acids is 1. The maximum atomic E-state index is 12.8. The SMILES string of the molecule is COc1ccccc1/C=C/NC(=O)C(C[P+](=O)O)c1csc2ccc(Cl)cc12. The predicted molar refractivity (Wildman–Crippen MR) is 114 cm³/mol. The number of benzene rings is 2. The number of methoxy groups -OCH3 is 1. The molecule has 0 aliphatic heterocycles. The number of rotatable bonds is 7. The van der Waals surface area contributed by atoms with Gasteiger partial charge in [0.25, 0.3) is 0 Å². The predicted octanol–water partition coefficient (Wildman–Crippen LogP) is 5.17. The van der Waals surface area contributed by atoms with E-state index in [0.29, 0.717) is 16.3 Å². The third kappa shape index (κ3) is 4.78. The standard InChI is InChI=1S/C20H17ClNO4PS/c1-26-18-5-3-2-4-13(18)8-9-22-20(23)16(11-27(24)25)17-12-28-19-7-6-14(21)10-15(17)19/h2-10,12,16H,11H2,1H3,(H-,22,23,24,25)/p+1/b9-8+. The normalized spacial score (nSPS) is 12.9. The summed E-state index contributed by atoms with van der Waals surface area (Å²) in [5, 5.41) is 5.93. The number of thiophene rings is 1. The van der Waals surface area contributed by atoms with E-state index in [1.165, 1.54) is 17.5 Å². The Bertz CT molecular complexity index is 1050. The number of ether oxygens (including phenoxy) is 1. The van der Waals surface area contributed by atoms with Crippen molar-refractivity contribution in [3.8, 4) is 5.75 Å². The van der Waals surface area contributed by atoms with Crippen LogP contribution < -0.4 is 10.1 Å². The van der Waals surface area contributed by atoms with Gasteiger partial charge in [-0.15, -0.1) is 11.3 Å². The monoisotopic (exact) mass is 434 g/mol. The smallest absolute Gasteiger partial charge is 0.496 e. The summed E-state index contributed by atoms with van der Waals surface area (Å²) in [7, 11) is -0.915. The number of fused-ring (bicyclic) bond motifs is 1. The van der Waals surface area contributed by atoms with Crippen molar-refractivity contribution in [2.24, 2.45) is 0 Å². The van der Waals surface area contributed by atoms with Crippen LogP contribution in [0.1, 0.15) is 17.0 Å². The molecule has 5 nitrogen and oxygen atoms in total. The van der Waals surface area contributed by atoms with Gasteiger partial charge in [-0.3, -0.25) is 4.79 Å². The van der Waals surface area contributed by atoms with Crippen LogP contribution in [0.3, 0.4) is 0 Å². The molecular formula is C20H18ClNO4PS+. The minimum Gasteiger partial charge on any atom is -0.496 e. The molecule has 0 saturated carbocycles. The molecule has 0 aliphatic carbocycles. The molecule has 2 atom stereocenters. The lowest BCUT2D eigenvalue weighted by atomic mass is 9.99. The molecule has 144 valence electrons. The number of carbonyl (C=O) groups is 1. The number of nitrogens with one attached hydrogen (secondary N) is 1. The van der Waals surface area contributed by atoms with Gasteiger partial charge in [0.1, 0.15) is 11.7 Å². The van der Waals surface area contributed by atoms with Gasteiger partial charge in [-0.05, 0) is 51.2 Å². The third-order valence-corrected chi connectivity index (χ3v) is 6.12. The van der Waals surface area contributed by atoms with E-state index in [1.807, 2.05) is 35.7 Å². The first-order valence-electron chi connectivity index (χ1n) is 8.39. The van der Waals surface area contributed by atoms with E-state index in [-0.39, 0.29) is 12.1 Å². The lowest BCUT2D eigenvalue weighted by Crippen LogP contribution is -2.26. The second-order valence-electron chi connectivity index (χ2n) is 6.00. The molecule has 8 heteroatoms. The van der Waals surface area contributed by atoms with E-state index >= 15 is 0 Å². The first-order chi connectivity index (χ1) is 13.5. The van der Waals surface area contributed by atoms with Crippen LogP contribution in [-0.2, 0) is 9.36 Å². The first-order valence-corrected chi connectivity index (χ1v) is 11.0. The topological polar surface area (TPSA) is 75.6 Å². The molecule has 0 fully saturated rings. The molecule has 3 rings (SSSR count). The van der Waals surface area contributed by atoms with Crippen LogP contribution in [-0.4, -0.2) is 24.1 Å². The van der Waals surface area contributed by atoms with Crippen LogP contribution in [0, 0.1) is 0 Å². The summed E-state index contributed by atoms with van der Waals surface area (Å²) in [6, 6.07) is 12.8. The van der Waals surface area contributed by atoms with Crippen molar-refractivity contribution in [1.29, 1.82) is 0 Å². The van der Waals surface area contributed by atoms with Crippen molar-refractivity contribution in [1.82, 2.24) is 5.32 Å². The summed E-state index contributed by atoms with van der Waals surface area (Å²) < 4.78 is 17.7. The summed E-state index contributed by atoms with van der Waals surface area (Å²) in [4.78, 5) is 22.2. The Hall–Kier alpha value is -2.24. The molecule has 1 amide bonds. The Labute approximate surface area is 172 Å². The Balaban J connectivity index is 1.85. The highest BCUT2D eigenvalue weighted by atomic mass is 35.5. The van der Waals surface area contributed by atoms with Gasteiger partial charge in [-0.1, -0.05) is 29.8 Å². The molecule has 1 heterocycles. The summed E-state index contributed by atoms with van der Waals surface area (Å²) >= 11 is 7.56. The fraction of sp³-hybridized carbons (Fsp3) is 0.150. The van der Waals surface area contributed by atoms with Crippen molar-refractivity contribution in [2.45, 2.75) is 5.92 Å². The zero-order chi connectivity index (χ0) is 20.1. The lowest BCUT2D eigenvalue weighted by Gasteiger charge is -2.10. The van der Waals surface area contributed by atoms with Gasteiger partial charge in [0.2, 0.25) is 5.91 Å². The highest BCUT2D eigenvalue weighted by Gasteiger charge is 2.31. The second-order valence-corrected chi connectivity index (χ2v) is 8.42. The fourth-order valence-electron chi connectivity index (χ4n) is 2.89. The third-order valence-electron chi connectivity index (χ3n) is 4.22. The number of hydrogen-bond acceptors (Lipinski definition) is 4. The van der Waals surface area contributed by atoms with Crippen molar-refractivity contribution in [3.63, 3.8) is 0 Å². The molecule has 0 saturated heterocycles. The highest BCUT2D eigenvalue weighted by Crippen LogP contribution is 2.36. The van der Waals surface area contributed by atoms with E-state index in [2.05, 4.69) is 5.32 Å². The maximum Gasteiger partial charge on any atom is 0.506 e. The van der Waals surface area contributed by atoms with E-state index in [1.54, 1.807) is 25.3 Å². The molecule has 2 unspecified atom stereocenters. The van der Waals surface area contributed by atoms with Crippen LogP contribution in [0.4, 0.5) is 0 Å². The molecule has 0 aliphatic rings. The number of amides is 1. The summed E-state index contributed by atoms with van der Waals surface area (Å²) in [6.45, 7) is 0. The van der Waals surface area contributed by atoms with Crippen LogP contribution in [0.25, 0.3) is 16.2 Å². The zero-order valence-electron chi connectivity index (χ0n) is 15.0. The number of halogens is 1. The van der Waals surface area contributed by atoms with E-state index in [4.69, 9.17) is 16.3 Å². The molecule has 28 heavy (non-hydrogen) atoms. The van der Waals surface area contributed by atoms with Gasteiger partial charge in [0.15, 0.2) is 6.16 Å². The molecule has 0 radical (unpaired) electrons. The van der Waals surface area contributed by atoms with Gasteiger partial charge in [-0.25, -0.2) is 0 Å². The van der Waals surface area contributed by atoms with E-state index in [9.17, 15) is 14.3 Å². The average Bonchev–Trinajstić information content (AvgIpc) is 3.09. The molecular weight excluding hydrogens is 417 g/mol. The van der Waals surface area contributed by atoms with Gasteiger partial charge in [0, 0.05) is 21.5 Å². The van der Waals surface area contributed by atoms with Gasteiger partial charge >= 0.3 is 8.03 Å². The molecule has 2 aromatic carbocycles. The summed E-state index contributed by atoms with van der Waals surface area (Å²) in [5.74, 6) is -0.437. The van der Waals surface area contributed by atoms with E-state index in [0.717, 1.165) is 15.6 Å². The van der Waals surface area contributed by atoms with Crippen LogP contribution >= 0.6 is 31.0 Å². The largest absolute Gasteiger partial charge is 0.506 e. The van der Waals surface area contributed by atoms with Crippen molar-refractivity contribution in [3.05, 3.63) is 70.2 Å². The van der Waals surface area contributed by atoms with Gasteiger partial charge < -0.3 is 10.1 Å². The maximum absolute atomic E-state index is 12.8. The van der Waals surface area contributed by atoms with Crippen molar-refractivity contribution < 1.29 is 19.0 Å². The van der Waals surface area contributed by atoms with E-state index < -0.39 is 13.9 Å². The number of para-hydroxylation sites is 1. The fourth-order valence-corrected chi connectivity index (χ4v) is 4.73. The Kier molecular flexibility index (Phi) is 6.81. The molecule has 0 bridgehead atoms. The molecule has 2 N–H and O–H groups in total. The molecule has 3 aromatic rings. The van der Waals surface area contributed by atoms with Gasteiger partial charge in [0.05, 0.1) is 7.11 Å². The zero-order valence-corrected chi connectivity index (χ0v) is 17.4. The first kappa shape index (κ1) is 20.5. The number of hydrogen-bond donors (Lipinski definition) is 2. The van der Waals surface area contributed by atoms with Crippen molar-refractivity contribution in [2.75, 3.05) is 13.3 Å². The summed E-state index contributed by atoms with van der Waals surface area (Å²) in [6.07, 6.45) is 3.07. The molecule has 1 aromatic heterocycles. The van der Waals surface area contributed by atoms with Crippen LogP contribution in [0.5, 0.6) is 5.75 Å². The second kappa shape index (κ2) is 9.30. The minimum absolute atomic E-state index is 0.165. The minimum atomic E-state index is -2.49. The Morgan fingerprint density at radius 1 is 1.36 bits per heavy atom. The Morgan fingerprint density at radius 2 is 2.14 bits per heavy atom. The van der Waals surface area contributed by atoms with Crippen molar-refractivity contribution >= 4 is 53.0 Å². The average molecular weight is 435 g/mol. The van der Waals surface area contributed by atoms with Crippen LogP contribution in [0.15, 0.2) is 54.0 Å². The van der Waals surface area contributed by atoms with Gasteiger partial charge in [-0.2, -0.15) is 4.89 Å². The van der Waals surface area contributed by atoms with Crippen LogP contribution in [0.2, 0.25) is 5.02 Å². The highest BCUT2D eigenvalue weighted by molar-refractivity contribution is 7.38. The lowest BCUT2D eigenvalue weighted by molar-refractivity contribution is -0.121. The quantitative estimate of drug-likeness (QED) is 0.503. The Morgan fingerprint density at radius 3 is 2.89 bits per heavy atom. The summed E-state index contributed by atoms with van der Waals surface area (Å²) in [5.41, 5.74) is 1.51. The molecule has 0 spiro atoms.